The summed E-state index contributed by atoms with van der Waals surface area (Å²) in [6, 6.07) is 0.311. The summed E-state index contributed by atoms with van der Waals surface area (Å²) >= 11 is 0. The summed E-state index contributed by atoms with van der Waals surface area (Å²) in [5.41, 5.74) is 0. The summed E-state index contributed by atoms with van der Waals surface area (Å²) < 4.78 is 0. The molecule has 1 unspecified atom stereocenters. The van der Waals surface area contributed by atoms with Gasteiger partial charge in [0.1, 0.15) is 0 Å². The van der Waals surface area contributed by atoms with Crippen LogP contribution in [0.1, 0.15) is 27.7 Å². The first-order valence-corrected chi connectivity index (χ1v) is 4.97. The molecule has 0 aliphatic carbocycles. The third kappa shape index (κ3) is 4.27. The van der Waals surface area contributed by atoms with E-state index in [9.17, 15) is 4.79 Å². The minimum atomic E-state index is 0.169. The first kappa shape index (κ1) is 12.4. The first-order valence-electron chi connectivity index (χ1n) is 4.97. The third-order valence-corrected chi connectivity index (χ3v) is 2.50. The van der Waals surface area contributed by atoms with E-state index in [1.807, 2.05) is 18.9 Å². The van der Waals surface area contributed by atoms with Gasteiger partial charge in [-0.05, 0) is 19.4 Å². The average molecular weight is 186 g/mol. The van der Waals surface area contributed by atoms with E-state index in [-0.39, 0.29) is 5.91 Å². The number of hydrogen-bond donors (Lipinski definition) is 1. The Hall–Kier alpha value is -0.570. The highest BCUT2D eigenvalue weighted by molar-refractivity contribution is 5.78. The Morgan fingerprint density at radius 2 is 1.92 bits per heavy atom. The van der Waals surface area contributed by atoms with Crippen LogP contribution in [-0.4, -0.2) is 37.0 Å². The van der Waals surface area contributed by atoms with E-state index >= 15 is 0 Å². The molecule has 0 saturated carbocycles. The van der Waals surface area contributed by atoms with Crippen molar-refractivity contribution in [3.63, 3.8) is 0 Å². The number of carbonyl (C=O) groups excluding carboxylic acids is 1. The predicted octanol–water partition coefficient (Wildman–Crippen LogP) is 1.10. The Labute approximate surface area is 81.5 Å². The minimum Gasteiger partial charge on any atom is -0.342 e. The Kier molecular flexibility index (Phi) is 5.71. The van der Waals surface area contributed by atoms with Gasteiger partial charge in [0.15, 0.2) is 0 Å². The maximum Gasteiger partial charge on any atom is 0.236 e. The standard InChI is InChI=1S/C10H22N2O/c1-6-11-7-10(13)12(5)9(4)8(2)3/h8-9,11H,6-7H2,1-5H3. The maximum atomic E-state index is 11.5. The lowest BCUT2D eigenvalue weighted by atomic mass is 10.1. The minimum absolute atomic E-state index is 0.169. The summed E-state index contributed by atoms with van der Waals surface area (Å²) in [6.45, 7) is 9.62. The second-order valence-electron chi connectivity index (χ2n) is 3.77. The molecule has 0 aromatic rings. The van der Waals surface area contributed by atoms with Gasteiger partial charge < -0.3 is 10.2 Å². The maximum absolute atomic E-state index is 11.5. The third-order valence-electron chi connectivity index (χ3n) is 2.50. The smallest absolute Gasteiger partial charge is 0.236 e. The van der Waals surface area contributed by atoms with Crippen LogP contribution in [0.2, 0.25) is 0 Å². The van der Waals surface area contributed by atoms with Crippen LogP contribution in [0.15, 0.2) is 0 Å². The molecule has 0 spiro atoms. The van der Waals surface area contributed by atoms with Gasteiger partial charge in [-0.25, -0.2) is 0 Å². The second-order valence-corrected chi connectivity index (χ2v) is 3.77. The fourth-order valence-electron chi connectivity index (χ4n) is 1.03. The highest BCUT2D eigenvalue weighted by atomic mass is 16.2. The monoisotopic (exact) mass is 186 g/mol. The molecule has 0 saturated heterocycles. The number of hydrogen-bond acceptors (Lipinski definition) is 2. The molecular formula is C10H22N2O. The lowest BCUT2D eigenvalue weighted by Gasteiger charge is -2.28. The van der Waals surface area contributed by atoms with Crippen molar-refractivity contribution in [3.8, 4) is 0 Å². The number of nitrogens with one attached hydrogen (secondary N) is 1. The van der Waals surface area contributed by atoms with Gasteiger partial charge in [0.05, 0.1) is 6.54 Å². The number of likely N-dealkylation sites (N-methyl/N-ethyl adjacent to an activating group) is 2. The van der Waals surface area contributed by atoms with Crippen LogP contribution >= 0.6 is 0 Å². The molecule has 1 atom stereocenters. The molecule has 0 heterocycles. The Bertz CT molecular complexity index is 157. The van der Waals surface area contributed by atoms with Crippen LogP contribution in [0, 0.1) is 5.92 Å². The molecule has 0 bridgehead atoms. The number of amides is 1. The van der Waals surface area contributed by atoms with Gasteiger partial charge in [-0.1, -0.05) is 20.8 Å². The normalized spacial score (nSPS) is 13.1. The van der Waals surface area contributed by atoms with E-state index in [0.29, 0.717) is 18.5 Å². The predicted molar refractivity (Wildman–Crippen MR) is 55.6 cm³/mol. The van der Waals surface area contributed by atoms with Crippen molar-refractivity contribution in [1.82, 2.24) is 10.2 Å². The van der Waals surface area contributed by atoms with Gasteiger partial charge in [-0.15, -0.1) is 0 Å². The Balaban J connectivity index is 3.94. The molecule has 1 amide bonds. The molecule has 0 rings (SSSR count). The van der Waals surface area contributed by atoms with Crippen molar-refractivity contribution < 1.29 is 4.79 Å². The second kappa shape index (κ2) is 5.97. The molecule has 3 heteroatoms. The lowest BCUT2D eigenvalue weighted by Crippen LogP contribution is -2.42. The highest BCUT2D eigenvalue weighted by Crippen LogP contribution is 2.07. The number of nitrogens with zero attached hydrogens (tertiary/aromatic N) is 1. The van der Waals surface area contributed by atoms with Crippen LogP contribution in [0.5, 0.6) is 0 Å². The van der Waals surface area contributed by atoms with E-state index in [4.69, 9.17) is 0 Å². The van der Waals surface area contributed by atoms with Crippen molar-refractivity contribution in [2.24, 2.45) is 5.92 Å². The fraction of sp³-hybridized carbons (Fsp3) is 0.900. The molecule has 0 aliphatic heterocycles. The Morgan fingerprint density at radius 1 is 1.38 bits per heavy atom. The van der Waals surface area contributed by atoms with Gasteiger partial charge in [-0.3, -0.25) is 4.79 Å². The van der Waals surface area contributed by atoms with Crippen molar-refractivity contribution >= 4 is 5.91 Å². The van der Waals surface area contributed by atoms with E-state index < -0.39 is 0 Å². The van der Waals surface area contributed by atoms with Crippen molar-refractivity contribution in [1.29, 1.82) is 0 Å². The highest BCUT2D eigenvalue weighted by Gasteiger charge is 2.17. The molecule has 0 aliphatic rings. The average Bonchev–Trinajstić information content (AvgIpc) is 2.11. The summed E-state index contributed by atoms with van der Waals surface area (Å²) in [5.74, 6) is 0.679. The van der Waals surface area contributed by atoms with Crippen molar-refractivity contribution in [2.75, 3.05) is 20.1 Å². The van der Waals surface area contributed by atoms with E-state index in [1.54, 1.807) is 0 Å². The molecule has 0 aromatic heterocycles. The lowest BCUT2D eigenvalue weighted by molar-refractivity contribution is -0.131. The quantitative estimate of drug-likeness (QED) is 0.697. The van der Waals surface area contributed by atoms with Gasteiger partial charge in [0.25, 0.3) is 0 Å². The molecular weight excluding hydrogens is 164 g/mol. The van der Waals surface area contributed by atoms with Gasteiger partial charge >= 0.3 is 0 Å². The zero-order chi connectivity index (χ0) is 10.4. The van der Waals surface area contributed by atoms with Crippen LogP contribution < -0.4 is 5.32 Å². The molecule has 13 heavy (non-hydrogen) atoms. The summed E-state index contributed by atoms with van der Waals surface area (Å²) in [7, 11) is 1.87. The van der Waals surface area contributed by atoms with Crippen LogP contribution in [0.4, 0.5) is 0 Å². The zero-order valence-electron chi connectivity index (χ0n) is 9.42. The van der Waals surface area contributed by atoms with E-state index in [2.05, 4.69) is 26.1 Å². The van der Waals surface area contributed by atoms with Crippen molar-refractivity contribution in [3.05, 3.63) is 0 Å². The van der Waals surface area contributed by atoms with E-state index in [1.165, 1.54) is 0 Å². The summed E-state index contributed by atoms with van der Waals surface area (Å²) in [6.07, 6.45) is 0. The summed E-state index contributed by atoms with van der Waals surface area (Å²) in [5, 5.41) is 3.03. The molecule has 78 valence electrons. The zero-order valence-corrected chi connectivity index (χ0v) is 9.42. The summed E-state index contributed by atoms with van der Waals surface area (Å²) in [4.78, 5) is 13.3. The first-order chi connectivity index (χ1) is 6.00. The molecule has 1 N–H and O–H groups in total. The molecule has 0 aromatic carbocycles. The SMILES string of the molecule is CCNCC(=O)N(C)C(C)C(C)C. The van der Waals surface area contributed by atoms with Crippen molar-refractivity contribution in [2.45, 2.75) is 33.7 Å². The number of rotatable bonds is 5. The number of carbonyl (C=O) groups is 1. The van der Waals surface area contributed by atoms with Crippen LogP contribution in [0.3, 0.4) is 0 Å². The fourth-order valence-corrected chi connectivity index (χ4v) is 1.03. The Morgan fingerprint density at radius 3 is 2.31 bits per heavy atom. The molecule has 0 radical (unpaired) electrons. The van der Waals surface area contributed by atoms with Gasteiger partial charge in [-0.2, -0.15) is 0 Å². The topological polar surface area (TPSA) is 32.3 Å². The molecule has 3 nitrogen and oxygen atoms in total. The van der Waals surface area contributed by atoms with Crippen LogP contribution in [-0.2, 0) is 4.79 Å². The van der Waals surface area contributed by atoms with Gasteiger partial charge in [0.2, 0.25) is 5.91 Å². The largest absolute Gasteiger partial charge is 0.342 e. The molecule has 0 fully saturated rings. The van der Waals surface area contributed by atoms with E-state index in [0.717, 1.165) is 6.54 Å². The van der Waals surface area contributed by atoms with Crippen LogP contribution in [0.25, 0.3) is 0 Å². The van der Waals surface area contributed by atoms with Gasteiger partial charge in [0, 0.05) is 13.1 Å².